The molecule has 12 nitrogen and oxygen atoms in total. The Bertz CT molecular complexity index is 1420. The number of unbranched alkanes of at least 4 members (excludes halogenated alkanes) is 2. The van der Waals surface area contributed by atoms with Gasteiger partial charge in [-0.05, 0) is 63.3 Å². The van der Waals surface area contributed by atoms with Crippen LogP contribution in [0.2, 0.25) is 0 Å². The minimum absolute atomic E-state index is 0.000192. The number of nitrogens with zero attached hydrogens (tertiary/aromatic N) is 2. The second-order valence-electron chi connectivity index (χ2n) is 12.3. The number of carbonyl (C=O) groups is 2. The summed E-state index contributed by atoms with van der Waals surface area (Å²) in [5, 5.41) is 13.4. The molecule has 0 saturated carbocycles. The van der Waals surface area contributed by atoms with Crippen molar-refractivity contribution in [2.24, 2.45) is 0 Å². The van der Waals surface area contributed by atoms with E-state index in [-0.39, 0.29) is 29.3 Å². The Morgan fingerprint density at radius 1 is 1.04 bits per heavy atom. The molecule has 264 valence electrons. The Hall–Kier alpha value is -3.55. The number of hydrogen-bond acceptors (Lipinski definition) is 11. The number of nitrogen functional groups attached to an aromatic ring is 1. The van der Waals surface area contributed by atoms with Gasteiger partial charge in [-0.1, -0.05) is 6.92 Å². The monoisotopic (exact) mass is 686 g/mol. The lowest BCUT2D eigenvalue weighted by Gasteiger charge is -2.31. The van der Waals surface area contributed by atoms with Gasteiger partial charge in [-0.25, -0.2) is 0 Å². The zero-order valence-electron chi connectivity index (χ0n) is 28.5. The normalized spacial score (nSPS) is 20.9. The predicted molar refractivity (Wildman–Crippen MR) is 187 cm³/mol. The summed E-state index contributed by atoms with van der Waals surface area (Å²) in [6.45, 7) is 7.17. The van der Waals surface area contributed by atoms with Gasteiger partial charge in [-0.3, -0.25) is 9.59 Å². The van der Waals surface area contributed by atoms with Gasteiger partial charge in [0, 0.05) is 44.1 Å². The summed E-state index contributed by atoms with van der Waals surface area (Å²) in [5.74, 6) is 2.72. The second kappa shape index (κ2) is 16.7. The van der Waals surface area contributed by atoms with Crippen molar-refractivity contribution < 1.29 is 38.4 Å². The number of nitrogens with one attached hydrogen (secondary N) is 1. The van der Waals surface area contributed by atoms with E-state index in [4.69, 9.17) is 29.4 Å². The van der Waals surface area contributed by atoms with Crippen LogP contribution in [-0.2, 0) is 4.74 Å². The van der Waals surface area contributed by atoms with E-state index in [1.54, 1.807) is 49.1 Å². The molecule has 2 fully saturated rings. The highest BCUT2D eigenvalue weighted by Gasteiger charge is 2.39. The van der Waals surface area contributed by atoms with Crippen LogP contribution in [0.5, 0.6) is 23.0 Å². The van der Waals surface area contributed by atoms with Gasteiger partial charge in [-0.2, -0.15) is 0 Å². The van der Waals surface area contributed by atoms with Gasteiger partial charge in [0.05, 0.1) is 62.4 Å². The van der Waals surface area contributed by atoms with Gasteiger partial charge in [0.15, 0.2) is 23.0 Å². The minimum atomic E-state index is -0.495. The summed E-state index contributed by atoms with van der Waals surface area (Å²) in [7, 11) is 3.11. The summed E-state index contributed by atoms with van der Waals surface area (Å²) in [4.78, 5) is 30.5. The van der Waals surface area contributed by atoms with Crippen molar-refractivity contribution in [3.8, 4) is 23.0 Å². The number of amides is 2. The van der Waals surface area contributed by atoms with E-state index in [2.05, 4.69) is 12.2 Å². The molecule has 3 heterocycles. The van der Waals surface area contributed by atoms with E-state index in [0.29, 0.717) is 91.4 Å². The molecule has 0 unspecified atom stereocenters. The third-order valence-electron chi connectivity index (χ3n) is 9.12. The van der Waals surface area contributed by atoms with Crippen LogP contribution in [0.3, 0.4) is 0 Å². The van der Waals surface area contributed by atoms with E-state index < -0.39 is 6.10 Å². The van der Waals surface area contributed by atoms with Gasteiger partial charge in [-0.15, -0.1) is 11.8 Å². The lowest BCUT2D eigenvalue weighted by Crippen LogP contribution is -2.43. The third-order valence-corrected chi connectivity index (χ3v) is 10.2. The lowest BCUT2D eigenvalue weighted by molar-refractivity contribution is 0.0461. The first kappa shape index (κ1) is 35.7. The number of thioether (sulfide) groups is 1. The maximum absolute atomic E-state index is 13.7. The highest BCUT2D eigenvalue weighted by molar-refractivity contribution is 7.99. The number of aliphatic hydroxyl groups is 1. The predicted octanol–water partition coefficient (Wildman–Crippen LogP) is 4.64. The summed E-state index contributed by atoms with van der Waals surface area (Å²) < 4.78 is 29.3. The molecule has 0 aromatic heterocycles. The number of ether oxygens (including phenoxy) is 5. The quantitative estimate of drug-likeness (QED) is 0.129. The molecule has 48 heavy (non-hydrogen) atoms. The van der Waals surface area contributed by atoms with Crippen LogP contribution in [0.4, 0.5) is 11.4 Å². The topological polar surface area (TPSA) is 145 Å². The molecular formula is C35H50N4O8S. The van der Waals surface area contributed by atoms with Gasteiger partial charge in [0.25, 0.3) is 11.8 Å². The molecule has 3 aliphatic rings. The fourth-order valence-corrected chi connectivity index (χ4v) is 7.80. The molecule has 4 N–H and O–H groups in total. The van der Waals surface area contributed by atoms with E-state index >= 15 is 0 Å². The molecule has 2 aromatic carbocycles. The number of benzene rings is 2. The number of likely N-dealkylation sites (tertiary alicyclic amines) is 1. The maximum Gasteiger partial charge on any atom is 0.256 e. The van der Waals surface area contributed by atoms with Crippen LogP contribution in [0, 0.1) is 0 Å². The van der Waals surface area contributed by atoms with Crippen LogP contribution < -0.4 is 30.0 Å². The van der Waals surface area contributed by atoms with Crippen molar-refractivity contribution >= 4 is 35.0 Å². The average molecular weight is 687 g/mol. The zero-order chi connectivity index (χ0) is 34.2. The lowest BCUT2D eigenvalue weighted by atomic mass is 10.1. The van der Waals surface area contributed by atoms with Crippen molar-refractivity contribution in [3.63, 3.8) is 0 Å². The molecule has 4 atom stereocenters. The Kier molecular flexibility index (Phi) is 12.4. The number of nitrogens with two attached hydrogens (primary N) is 1. The number of carbonyl (C=O) groups excluding carboxylic acids is 2. The maximum atomic E-state index is 13.7. The smallest absolute Gasteiger partial charge is 0.256 e. The first-order chi connectivity index (χ1) is 23.3. The van der Waals surface area contributed by atoms with Gasteiger partial charge < -0.3 is 49.6 Å². The molecule has 2 amide bonds. The molecular weight excluding hydrogens is 636 g/mol. The van der Waals surface area contributed by atoms with Crippen LogP contribution in [0.15, 0.2) is 24.3 Å². The summed E-state index contributed by atoms with van der Waals surface area (Å²) in [6, 6.07) is 6.86. The highest BCUT2D eigenvalue weighted by Crippen LogP contribution is 2.38. The molecule has 3 aliphatic heterocycles. The van der Waals surface area contributed by atoms with E-state index in [1.165, 1.54) is 0 Å². The van der Waals surface area contributed by atoms with Crippen LogP contribution in [0.25, 0.3) is 0 Å². The molecule has 5 rings (SSSR count). The van der Waals surface area contributed by atoms with Crippen molar-refractivity contribution in [1.82, 2.24) is 9.80 Å². The number of anilines is 2. The molecule has 0 spiro atoms. The Balaban J connectivity index is 1.11. The van der Waals surface area contributed by atoms with Gasteiger partial charge in [0.2, 0.25) is 0 Å². The number of aliphatic hydroxyl groups excluding tert-OH is 1. The molecule has 13 heteroatoms. The number of rotatable bonds is 16. The number of hydrogen-bond donors (Lipinski definition) is 3. The first-order valence-corrected chi connectivity index (χ1v) is 18.1. The largest absolute Gasteiger partial charge is 0.493 e. The fraction of sp³-hybridized carbons (Fsp3) is 0.600. The van der Waals surface area contributed by atoms with E-state index in [0.717, 1.165) is 37.9 Å². The molecule has 2 saturated heterocycles. The first-order valence-electron chi connectivity index (χ1n) is 17.0. The van der Waals surface area contributed by atoms with E-state index in [9.17, 15) is 14.7 Å². The van der Waals surface area contributed by atoms with E-state index in [1.807, 2.05) is 17.9 Å². The fourth-order valence-electron chi connectivity index (χ4n) is 6.73. The van der Waals surface area contributed by atoms with Crippen molar-refractivity contribution in [2.75, 3.05) is 70.5 Å². The summed E-state index contributed by atoms with van der Waals surface area (Å²) in [6.07, 6.45) is 4.31. The van der Waals surface area contributed by atoms with Crippen LogP contribution in [-0.4, -0.2) is 110 Å². The Labute approximate surface area is 287 Å². The summed E-state index contributed by atoms with van der Waals surface area (Å²) >= 11 is 1.73. The summed E-state index contributed by atoms with van der Waals surface area (Å²) in [5.41, 5.74) is 8.33. The van der Waals surface area contributed by atoms with Crippen molar-refractivity contribution in [3.05, 3.63) is 35.4 Å². The Morgan fingerprint density at radius 2 is 1.75 bits per heavy atom. The average Bonchev–Trinajstić information content (AvgIpc) is 3.70. The number of methoxy groups -OCH3 is 2. The molecule has 0 aliphatic carbocycles. The van der Waals surface area contributed by atoms with Crippen LogP contribution in [0.1, 0.15) is 73.1 Å². The SMILES string of the molecule is CCO[C@@H](SCC)[C@@H]1CCCN1C(=O)c1cc(OC)c(OCCCCCOc2cc3c(cc2OC)C(=O)N2C[C@H](O)C[C@H]2CN3)cc1N. The van der Waals surface area contributed by atoms with Gasteiger partial charge in [0.1, 0.15) is 5.44 Å². The zero-order valence-corrected chi connectivity index (χ0v) is 29.3. The standard InChI is InChI=1S/C35H50N4O8S/c1-5-45-35(48-6-2)28-11-10-12-38(28)33(41)24-16-29(43-3)31(18-26(24)36)46-13-8-7-9-14-47-32-19-27-25(17-30(32)44-4)34(42)39-21-23(40)15-22(39)20-37-27/h16-19,22-23,28,35,37,40H,5-15,20-21,36H2,1-4H3/t22-,23+,28-,35-/m0/s1. The van der Waals surface area contributed by atoms with Gasteiger partial charge >= 0.3 is 0 Å². The molecule has 2 aromatic rings. The molecule has 0 bridgehead atoms. The number of fused-ring (bicyclic) bond motifs is 2. The minimum Gasteiger partial charge on any atom is -0.493 e. The van der Waals surface area contributed by atoms with Crippen molar-refractivity contribution in [2.45, 2.75) is 76.0 Å². The Morgan fingerprint density at radius 3 is 2.44 bits per heavy atom. The second-order valence-corrected chi connectivity index (χ2v) is 13.6. The van der Waals surface area contributed by atoms with Crippen molar-refractivity contribution in [1.29, 1.82) is 0 Å². The third kappa shape index (κ3) is 8.01. The molecule has 0 radical (unpaired) electrons. The van der Waals surface area contributed by atoms with Crippen LogP contribution >= 0.6 is 11.8 Å². The highest BCUT2D eigenvalue weighted by atomic mass is 32.2.